The standard InChI is InChI=1S/C10H12F3N3O.2ClH/c1-14-4-5-15-9(17)8-3-2-7(6-16-8)10(11,12)13;;/h2-3,6,14H,4-5H2,1H3,(H,15,17);2*1H. The summed E-state index contributed by atoms with van der Waals surface area (Å²) in [6.07, 6.45) is -3.79. The lowest BCUT2D eigenvalue weighted by Crippen LogP contribution is -2.31. The van der Waals surface area contributed by atoms with Crippen LogP contribution in [-0.2, 0) is 6.18 Å². The van der Waals surface area contributed by atoms with Crippen LogP contribution in [0.2, 0.25) is 0 Å². The van der Waals surface area contributed by atoms with Crippen LogP contribution in [0.25, 0.3) is 0 Å². The molecule has 0 aliphatic carbocycles. The van der Waals surface area contributed by atoms with Crippen LogP contribution < -0.4 is 10.6 Å². The summed E-state index contributed by atoms with van der Waals surface area (Å²) in [5, 5.41) is 5.33. The predicted octanol–water partition coefficient (Wildman–Crippen LogP) is 1.89. The van der Waals surface area contributed by atoms with E-state index < -0.39 is 17.6 Å². The number of alkyl halides is 3. The molecule has 0 saturated carbocycles. The summed E-state index contributed by atoms with van der Waals surface area (Å²) in [4.78, 5) is 14.9. The van der Waals surface area contributed by atoms with Gasteiger partial charge in [-0.15, -0.1) is 24.8 Å². The minimum Gasteiger partial charge on any atom is -0.349 e. The molecule has 19 heavy (non-hydrogen) atoms. The zero-order valence-corrected chi connectivity index (χ0v) is 11.6. The van der Waals surface area contributed by atoms with Crippen LogP contribution in [0.15, 0.2) is 18.3 Å². The van der Waals surface area contributed by atoms with Crippen molar-refractivity contribution in [1.29, 1.82) is 0 Å². The predicted molar refractivity (Wildman–Crippen MR) is 70.0 cm³/mol. The van der Waals surface area contributed by atoms with E-state index >= 15 is 0 Å². The van der Waals surface area contributed by atoms with Crippen molar-refractivity contribution in [3.05, 3.63) is 29.6 Å². The first kappa shape index (κ1) is 20.3. The summed E-state index contributed by atoms with van der Waals surface area (Å²) in [5.74, 6) is -0.492. The third-order valence-corrected chi connectivity index (χ3v) is 1.98. The van der Waals surface area contributed by atoms with Crippen LogP contribution in [0.3, 0.4) is 0 Å². The molecular formula is C10H14Cl2F3N3O. The molecule has 1 aromatic heterocycles. The van der Waals surface area contributed by atoms with E-state index in [0.29, 0.717) is 19.3 Å². The van der Waals surface area contributed by atoms with Crippen LogP contribution in [-0.4, -0.2) is 31.0 Å². The van der Waals surface area contributed by atoms with Crippen LogP contribution in [0, 0.1) is 0 Å². The van der Waals surface area contributed by atoms with Gasteiger partial charge in [0.05, 0.1) is 5.56 Å². The number of likely N-dealkylation sites (N-methyl/N-ethyl adjacent to an activating group) is 1. The lowest BCUT2D eigenvalue weighted by atomic mass is 10.2. The fourth-order valence-electron chi connectivity index (χ4n) is 1.09. The first-order valence-corrected chi connectivity index (χ1v) is 4.91. The smallest absolute Gasteiger partial charge is 0.349 e. The molecule has 0 aliphatic rings. The van der Waals surface area contributed by atoms with Gasteiger partial charge < -0.3 is 10.6 Å². The Morgan fingerprint density at radius 3 is 2.32 bits per heavy atom. The molecule has 0 bridgehead atoms. The molecular weight excluding hydrogens is 306 g/mol. The maximum atomic E-state index is 12.2. The van der Waals surface area contributed by atoms with E-state index in [1.165, 1.54) is 0 Å². The van der Waals surface area contributed by atoms with Crippen LogP contribution in [0.1, 0.15) is 16.1 Å². The van der Waals surface area contributed by atoms with E-state index in [1.807, 2.05) is 0 Å². The number of nitrogens with zero attached hydrogens (tertiary/aromatic N) is 1. The zero-order valence-electron chi connectivity index (χ0n) is 9.95. The van der Waals surface area contributed by atoms with E-state index in [9.17, 15) is 18.0 Å². The van der Waals surface area contributed by atoms with Gasteiger partial charge in [0, 0.05) is 19.3 Å². The molecule has 0 atom stereocenters. The number of rotatable bonds is 4. The minimum absolute atomic E-state index is 0. The molecule has 0 spiro atoms. The first-order chi connectivity index (χ1) is 7.95. The Morgan fingerprint density at radius 2 is 1.89 bits per heavy atom. The van der Waals surface area contributed by atoms with Crippen LogP contribution in [0.4, 0.5) is 13.2 Å². The molecule has 0 aliphatic heterocycles. The number of carbonyl (C=O) groups is 1. The van der Waals surface area contributed by atoms with Crippen molar-refractivity contribution < 1.29 is 18.0 Å². The second-order valence-electron chi connectivity index (χ2n) is 3.29. The topological polar surface area (TPSA) is 54.0 Å². The zero-order chi connectivity index (χ0) is 12.9. The van der Waals surface area contributed by atoms with Gasteiger partial charge in [0.1, 0.15) is 5.69 Å². The Labute approximate surface area is 121 Å². The van der Waals surface area contributed by atoms with Crippen molar-refractivity contribution >= 4 is 30.7 Å². The molecule has 1 amide bonds. The highest BCUT2D eigenvalue weighted by atomic mass is 35.5. The number of amides is 1. The quantitative estimate of drug-likeness (QED) is 0.833. The maximum absolute atomic E-state index is 12.2. The lowest BCUT2D eigenvalue weighted by molar-refractivity contribution is -0.137. The number of aromatic nitrogens is 1. The highest BCUT2D eigenvalue weighted by Crippen LogP contribution is 2.28. The maximum Gasteiger partial charge on any atom is 0.417 e. The van der Waals surface area contributed by atoms with Crippen molar-refractivity contribution in [2.45, 2.75) is 6.18 Å². The largest absolute Gasteiger partial charge is 0.417 e. The molecule has 0 fully saturated rings. The summed E-state index contributed by atoms with van der Waals surface area (Å²) in [6.45, 7) is 0.963. The molecule has 0 unspecified atom stereocenters. The minimum atomic E-state index is -4.44. The molecule has 2 N–H and O–H groups in total. The van der Waals surface area contributed by atoms with E-state index in [1.54, 1.807) is 7.05 Å². The Balaban J connectivity index is 0. The Bertz CT molecular complexity index is 385. The van der Waals surface area contributed by atoms with Gasteiger partial charge in [0.25, 0.3) is 5.91 Å². The summed E-state index contributed by atoms with van der Waals surface area (Å²) in [7, 11) is 1.72. The normalized spacial score (nSPS) is 10.1. The van der Waals surface area contributed by atoms with Crippen LogP contribution >= 0.6 is 24.8 Å². The number of hydrogen-bond acceptors (Lipinski definition) is 3. The lowest BCUT2D eigenvalue weighted by Gasteiger charge is -2.07. The van der Waals surface area contributed by atoms with Gasteiger partial charge in [-0.2, -0.15) is 13.2 Å². The van der Waals surface area contributed by atoms with Gasteiger partial charge in [-0.05, 0) is 19.2 Å². The highest BCUT2D eigenvalue weighted by Gasteiger charge is 2.30. The van der Waals surface area contributed by atoms with Crippen LogP contribution in [0.5, 0.6) is 0 Å². The number of halogens is 5. The second kappa shape index (κ2) is 8.95. The summed E-state index contributed by atoms with van der Waals surface area (Å²) in [5.41, 5.74) is -0.904. The molecule has 0 aromatic carbocycles. The average molecular weight is 320 g/mol. The van der Waals surface area contributed by atoms with E-state index in [0.717, 1.165) is 12.1 Å². The van der Waals surface area contributed by atoms with Gasteiger partial charge in [0.15, 0.2) is 0 Å². The molecule has 110 valence electrons. The number of pyridine rings is 1. The summed E-state index contributed by atoms with van der Waals surface area (Å²) >= 11 is 0. The number of nitrogens with one attached hydrogen (secondary N) is 2. The Morgan fingerprint density at radius 1 is 1.26 bits per heavy atom. The fourth-order valence-corrected chi connectivity index (χ4v) is 1.09. The molecule has 1 rings (SSSR count). The van der Waals surface area contributed by atoms with E-state index in [4.69, 9.17) is 0 Å². The van der Waals surface area contributed by atoms with Crippen molar-refractivity contribution in [3.63, 3.8) is 0 Å². The Hall–Kier alpha value is -1.05. The monoisotopic (exact) mass is 319 g/mol. The third-order valence-electron chi connectivity index (χ3n) is 1.98. The van der Waals surface area contributed by atoms with E-state index in [-0.39, 0.29) is 30.5 Å². The van der Waals surface area contributed by atoms with Gasteiger partial charge in [-0.3, -0.25) is 9.78 Å². The first-order valence-electron chi connectivity index (χ1n) is 4.91. The van der Waals surface area contributed by atoms with Crippen molar-refractivity contribution in [1.82, 2.24) is 15.6 Å². The molecule has 1 heterocycles. The number of carbonyl (C=O) groups excluding carboxylic acids is 1. The van der Waals surface area contributed by atoms with Gasteiger partial charge in [-0.1, -0.05) is 0 Å². The van der Waals surface area contributed by atoms with Gasteiger partial charge >= 0.3 is 6.18 Å². The Kier molecular flexibility index (Phi) is 9.55. The van der Waals surface area contributed by atoms with Gasteiger partial charge in [0.2, 0.25) is 0 Å². The fraction of sp³-hybridized carbons (Fsp3) is 0.400. The highest BCUT2D eigenvalue weighted by molar-refractivity contribution is 5.92. The average Bonchev–Trinajstić information content (AvgIpc) is 2.28. The molecule has 0 saturated heterocycles. The molecule has 0 radical (unpaired) electrons. The number of hydrogen-bond donors (Lipinski definition) is 2. The third kappa shape index (κ3) is 6.60. The second-order valence-corrected chi connectivity index (χ2v) is 3.29. The molecule has 9 heteroatoms. The van der Waals surface area contributed by atoms with Crippen molar-refractivity contribution in [3.8, 4) is 0 Å². The molecule has 1 aromatic rings. The summed E-state index contributed by atoms with van der Waals surface area (Å²) in [6, 6.07) is 1.89. The van der Waals surface area contributed by atoms with Gasteiger partial charge in [-0.25, -0.2) is 0 Å². The van der Waals surface area contributed by atoms with Crippen molar-refractivity contribution in [2.24, 2.45) is 0 Å². The summed E-state index contributed by atoms with van der Waals surface area (Å²) < 4.78 is 36.7. The van der Waals surface area contributed by atoms with Crippen molar-refractivity contribution in [2.75, 3.05) is 20.1 Å². The SMILES string of the molecule is CNCCNC(=O)c1ccc(C(F)(F)F)cn1.Cl.Cl. The van der Waals surface area contributed by atoms with E-state index in [2.05, 4.69) is 15.6 Å². The molecule has 4 nitrogen and oxygen atoms in total.